The van der Waals surface area contributed by atoms with Crippen LogP contribution in [-0.2, 0) is 19.8 Å². The van der Waals surface area contributed by atoms with Crippen molar-refractivity contribution in [3.05, 3.63) is 74.1 Å². The van der Waals surface area contributed by atoms with Gasteiger partial charge in [0.15, 0.2) is 4.34 Å². The first-order valence-corrected chi connectivity index (χ1v) is 11.0. The van der Waals surface area contributed by atoms with Crippen LogP contribution in [0.4, 0.5) is 5.13 Å². The van der Waals surface area contributed by atoms with Gasteiger partial charge in [0.25, 0.3) is 11.5 Å². The van der Waals surface area contributed by atoms with Crippen molar-refractivity contribution < 1.29 is 4.79 Å². The number of benzene rings is 1. The molecular formula is C20H15N7O3S2. The summed E-state index contributed by atoms with van der Waals surface area (Å²) in [6, 6.07) is 12.2. The highest BCUT2D eigenvalue weighted by Gasteiger charge is 2.16. The van der Waals surface area contributed by atoms with Gasteiger partial charge in [0, 0.05) is 19.8 Å². The van der Waals surface area contributed by atoms with E-state index in [9.17, 15) is 14.4 Å². The molecule has 0 unspecified atom stereocenters. The molecule has 0 saturated heterocycles. The normalized spacial score (nSPS) is 10.8. The number of nitriles is 1. The van der Waals surface area contributed by atoms with Crippen LogP contribution in [0.15, 0.2) is 50.3 Å². The molecule has 0 aliphatic rings. The number of amides is 1. The molecule has 0 radical (unpaired) electrons. The summed E-state index contributed by atoms with van der Waals surface area (Å²) in [5.74, 6) is 0.114. The molecule has 32 heavy (non-hydrogen) atoms. The van der Waals surface area contributed by atoms with Crippen LogP contribution in [0.2, 0.25) is 0 Å². The Kier molecular flexibility index (Phi) is 5.85. The maximum Gasteiger partial charge on any atom is 0.332 e. The molecule has 0 bridgehead atoms. The number of carbonyl (C=O) groups excluding carboxylic acids is 1. The Bertz CT molecular complexity index is 1500. The van der Waals surface area contributed by atoms with Crippen LogP contribution in [-0.4, -0.2) is 30.2 Å². The first-order valence-electron chi connectivity index (χ1n) is 9.21. The molecule has 1 aromatic carbocycles. The number of thioether (sulfide) groups is 1. The third-order valence-electron chi connectivity index (χ3n) is 4.61. The Balaban J connectivity index is 1.48. The van der Waals surface area contributed by atoms with Gasteiger partial charge in [-0.3, -0.25) is 24.0 Å². The molecule has 0 fully saturated rings. The van der Waals surface area contributed by atoms with E-state index in [2.05, 4.69) is 26.6 Å². The highest BCUT2D eigenvalue weighted by molar-refractivity contribution is 8.00. The number of rotatable bonds is 5. The van der Waals surface area contributed by atoms with Crippen molar-refractivity contribution in [3.8, 4) is 6.07 Å². The first kappa shape index (κ1) is 21.4. The quantitative estimate of drug-likeness (QED) is 0.349. The van der Waals surface area contributed by atoms with E-state index in [0.29, 0.717) is 20.8 Å². The van der Waals surface area contributed by atoms with Gasteiger partial charge in [0.2, 0.25) is 5.13 Å². The number of anilines is 1. The third kappa shape index (κ3) is 4.16. The summed E-state index contributed by atoms with van der Waals surface area (Å²) in [5.41, 5.74) is 0.801. The molecule has 0 atom stereocenters. The molecule has 1 amide bonds. The highest BCUT2D eigenvalue weighted by atomic mass is 32.2. The zero-order valence-corrected chi connectivity index (χ0v) is 18.5. The number of pyridine rings is 1. The average molecular weight is 466 g/mol. The van der Waals surface area contributed by atoms with Crippen molar-refractivity contribution in [2.24, 2.45) is 14.1 Å². The second kappa shape index (κ2) is 8.74. The van der Waals surface area contributed by atoms with E-state index in [1.54, 1.807) is 12.1 Å². The molecule has 3 heterocycles. The van der Waals surface area contributed by atoms with E-state index in [1.165, 1.54) is 53.9 Å². The molecule has 4 aromatic rings. The Morgan fingerprint density at radius 1 is 1.12 bits per heavy atom. The topological polar surface area (TPSA) is 136 Å². The number of hydrogen-bond donors (Lipinski definition) is 1. The van der Waals surface area contributed by atoms with E-state index in [-0.39, 0.29) is 16.7 Å². The molecule has 0 aliphatic heterocycles. The predicted octanol–water partition coefficient (Wildman–Crippen LogP) is 1.90. The van der Waals surface area contributed by atoms with Crippen LogP contribution in [0.3, 0.4) is 0 Å². The van der Waals surface area contributed by atoms with E-state index in [0.717, 1.165) is 10.1 Å². The van der Waals surface area contributed by atoms with Crippen molar-refractivity contribution in [3.63, 3.8) is 0 Å². The van der Waals surface area contributed by atoms with Gasteiger partial charge < -0.3 is 0 Å². The number of hydrogen-bond acceptors (Lipinski definition) is 9. The fourth-order valence-electron chi connectivity index (χ4n) is 2.88. The van der Waals surface area contributed by atoms with E-state index < -0.39 is 17.2 Å². The Labute approximate surface area is 189 Å². The minimum Gasteiger partial charge on any atom is -0.295 e. The summed E-state index contributed by atoms with van der Waals surface area (Å²) in [6.45, 7) is 0. The molecular weight excluding hydrogens is 450 g/mol. The maximum absolute atomic E-state index is 12.6. The fraction of sp³-hybridized carbons (Fsp3) is 0.150. The minimum atomic E-state index is -0.528. The third-order valence-corrected chi connectivity index (χ3v) is 6.65. The number of nitrogens with one attached hydrogen (secondary N) is 1. The van der Waals surface area contributed by atoms with Crippen LogP contribution in [0.1, 0.15) is 21.6 Å². The molecule has 0 aliphatic carbocycles. The predicted molar refractivity (Wildman–Crippen MR) is 121 cm³/mol. The molecule has 0 saturated carbocycles. The zero-order chi connectivity index (χ0) is 22.8. The van der Waals surface area contributed by atoms with Gasteiger partial charge in [-0.05, 0) is 29.8 Å². The van der Waals surface area contributed by atoms with Gasteiger partial charge in [-0.2, -0.15) is 5.26 Å². The number of aryl methyl sites for hydroxylation is 1. The molecule has 0 spiro atoms. The maximum atomic E-state index is 12.6. The van der Waals surface area contributed by atoms with Crippen molar-refractivity contribution in [2.45, 2.75) is 10.1 Å². The number of carbonyl (C=O) groups is 1. The van der Waals surface area contributed by atoms with Crippen molar-refractivity contribution >= 4 is 45.2 Å². The summed E-state index contributed by atoms with van der Waals surface area (Å²) in [4.78, 5) is 41.2. The largest absolute Gasteiger partial charge is 0.332 e. The molecule has 3 aromatic heterocycles. The molecule has 10 nitrogen and oxygen atoms in total. The van der Waals surface area contributed by atoms with E-state index >= 15 is 0 Å². The fourth-order valence-corrected chi connectivity index (χ4v) is 4.58. The smallest absolute Gasteiger partial charge is 0.295 e. The second-order valence-corrected chi connectivity index (χ2v) is 8.90. The molecule has 12 heteroatoms. The van der Waals surface area contributed by atoms with Crippen molar-refractivity contribution in [1.29, 1.82) is 5.26 Å². The molecule has 4 rings (SSSR count). The SMILES string of the molecule is Cn1c(=O)c2ccc(C(=O)Nc3nnc(SCc4ccc(C#N)cc4)s3)nc2n(C)c1=O. The Morgan fingerprint density at radius 3 is 2.59 bits per heavy atom. The van der Waals surface area contributed by atoms with Crippen LogP contribution >= 0.6 is 23.1 Å². The summed E-state index contributed by atoms with van der Waals surface area (Å²) in [7, 11) is 2.87. The average Bonchev–Trinajstić information content (AvgIpc) is 3.27. The van der Waals surface area contributed by atoms with Crippen molar-refractivity contribution in [2.75, 3.05) is 5.32 Å². The van der Waals surface area contributed by atoms with Gasteiger partial charge in [-0.25, -0.2) is 9.78 Å². The van der Waals surface area contributed by atoms with Gasteiger partial charge in [-0.1, -0.05) is 35.2 Å². The van der Waals surface area contributed by atoms with Crippen LogP contribution in [0.25, 0.3) is 11.0 Å². The number of nitrogens with zero attached hydrogens (tertiary/aromatic N) is 6. The molecule has 160 valence electrons. The highest BCUT2D eigenvalue weighted by Crippen LogP contribution is 2.28. The molecule has 1 N–H and O–H groups in total. The van der Waals surface area contributed by atoms with Crippen molar-refractivity contribution in [1.82, 2.24) is 24.3 Å². The lowest BCUT2D eigenvalue weighted by Crippen LogP contribution is -2.37. The van der Waals surface area contributed by atoms with Crippen LogP contribution in [0.5, 0.6) is 0 Å². The standard InChI is InChI=1S/C20H15N7O3S2/c1-26-15-13(17(29)27(2)20(26)30)7-8-14(22-15)16(28)23-18-24-25-19(32-18)31-10-12-5-3-11(9-21)4-6-12/h3-8H,10H2,1-2H3,(H,23,24,28). The van der Waals surface area contributed by atoms with E-state index in [1.807, 2.05) is 12.1 Å². The summed E-state index contributed by atoms with van der Waals surface area (Å²) in [5, 5.41) is 20.1. The minimum absolute atomic E-state index is 0.0442. The first-order chi connectivity index (χ1) is 15.4. The zero-order valence-electron chi connectivity index (χ0n) is 16.9. The Hall–Kier alpha value is -3.82. The monoisotopic (exact) mass is 465 g/mol. The second-order valence-electron chi connectivity index (χ2n) is 6.70. The van der Waals surface area contributed by atoms with Gasteiger partial charge in [-0.15, -0.1) is 10.2 Å². The lowest BCUT2D eigenvalue weighted by molar-refractivity contribution is 0.102. The lowest BCUT2D eigenvalue weighted by Gasteiger charge is -2.07. The summed E-state index contributed by atoms with van der Waals surface area (Å²) >= 11 is 2.68. The van der Waals surface area contributed by atoms with Gasteiger partial charge >= 0.3 is 5.69 Å². The van der Waals surface area contributed by atoms with Gasteiger partial charge in [0.1, 0.15) is 11.3 Å². The lowest BCUT2D eigenvalue weighted by atomic mass is 10.2. The summed E-state index contributed by atoms with van der Waals surface area (Å²) < 4.78 is 2.88. The van der Waals surface area contributed by atoms with Crippen LogP contribution in [0, 0.1) is 11.3 Å². The van der Waals surface area contributed by atoms with Crippen LogP contribution < -0.4 is 16.6 Å². The Morgan fingerprint density at radius 2 is 1.88 bits per heavy atom. The number of fused-ring (bicyclic) bond motifs is 1. The number of aromatic nitrogens is 5. The van der Waals surface area contributed by atoms with E-state index in [4.69, 9.17) is 5.26 Å². The van der Waals surface area contributed by atoms with Gasteiger partial charge in [0.05, 0.1) is 17.0 Å². The summed E-state index contributed by atoms with van der Waals surface area (Å²) in [6.07, 6.45) is 0.